The molecule has 3 rings (SSSR count). The molecule has 0 aliphatic heterocycles. The van der Waals surface area contributed by atoms with Crippen molar-refractivity contribution in [1.82, 2.24) is 20.1 Å². The summed E-state index contributed by atoms with van der Waals surface area (Å²) in [6.07, 6.45) is 0. The second-order valence-electron chi connectivity index (χ2n) is 8.01. The maximum absolute atomic E-state index is 12.9. The first-order valence-corrected chi connectivity index (χ1v) is 12.7. The highest BCUT2D eigenvalue weighted by molar-refractivity contribution is 7.99. The summed E-state index contributed by atoms with van der Waals surface area (Å²) in [5.41, 5.74) is 1.01. The van der Waals surface area contributed by atoms with Crippen LogP contribution in [0.1, 0.15) is 43.0 Å². The van der Waals surface area contributed by atoms with Gasteiger partial charge in [-0.25, -0.2) is 0 Å². The van der Waals surface area contributed by atoms with E-state index in [0.29, 0.717) is 33.9 Å². The molecule has 0 spiro atoms. The molecule has 2 N–H and O–H groups in total. The van der Waals surface area contributed by atoms with Crippen molar-refractivity contribution in [3.05, 3.63) is 63.9 Å². The van der Waals surface area contributed by atoms with Crippen LogP contribution in [0.2, 0.25) is 10.0 Å². The van der Waals surface area contributed by atoms with Crippen molar-refractivity contribution in [3.63, 3.8) is 0 Å². The molecular weight excluding hydrogens is 509 g/mol. The molecule has 1 atom stereocenters. The zero-order valence-electron chi connectivity index (χ0n) is 19.8. The Morgan fingerprint density at radius 2 is 1.83 bits per heavy atom. The minimum absolute atomic E-state index is 0.0220. The maximum Gasteiger partial charge on any atom is 0.253 e. The van der Waals surface area contributed by atoms with Crippen molar-refractivity contribution >= 4 is 52.5 Å². The molecule has 2 amide bonds. The van der Waals surface area contributed by atoms with Gasteiger partial charge in [-0.2, -0.15) is 0 Å². The van der Waals surface area contributed by atoms with E-state index in [-0.39, 0.29) is 28.5 Å². The number of hydrogen-bond donors (Lipinski definition) is 2. The minimum atomic E-state index is -0.418. The van der Waals surface area contributed by atoms with Crippen molar-refractivity contribution in [2.45, 2.75) is 32.0 Å². The molecule has 1 aromatic heterocycles. The van der Waals surface area contributed by atoms with Gasteiger partial charge in [0.05, 0.1) is 29.0 Å². The first-order valence-electron chi connectivity index (χ1n) is 11.0. The van der Waals surface area contributed by atoms with Crippen molar-refractivity contribution in [2.75, 3.05) is 17.7 Å². The molecule has 11 heteroatoms. The molecule has 0 saturated carbocycles. The van der Waals surface area contributed by atoms with Gasteiger partial charge in [-0.1, -0.05) is 48.8 Å². The van der Waals surface area contributed by atoms with Crippen LogP contribution in [-0.4, -0.2) is 38.9 Å². The summed E-state index contributed by atoms with van der Waals surface area (Å²) in [7, 11) is 1.80. The molecule has 0 radical (unpaired) electrons. The van der Waals surface area contributed by atoms with Gasteiger partial charge < -0.3 is 19.9 Å². The van der Waals surface area contributed by atoms with Gasteiger partial charge >= 0.3 is 0 Å². The largest absolute Gasteiger partial charge is 0.494 e. The molecule has 0 fully saturated rings. The lowest BCUT2D eigenvalue weighted by Crippen LogP contribution is -2.33. The quantitative estimate of drug-likeness (QED) is 0.338. The molecule has 1 heterocycles. The van der Waals surface area contributed by atoms with Crippen LogP contribution in [0, 0.1) is 5.92 Å². The van der Waals surface area contributed by atoms with E-state index >= 15 is 0 Å². The first-order chi connectivity index (χ1) is 16.7. The number of aromatic nitrogens is 3. The summed E-state index contributed by atoms with van der Waals surface area (Å²) in [4.78, 5) is 25.3. The van der Waals surface area contributed by atoms with Crippen LogP contribution >= 0.6 is 35.0 Å². The number of ether oxygens (including phenoxy) is 1. The van der Waals surface area contributed by atoms with Crippen molar-refractivity contribution in [1.29, 1.82) is 0 Å². The fourth-order valence-corrected chi connectivity index (χ4v) is 4.49. The van der Waals surface area contributed by atoms with Crippen LogP contribution in [0.5, 0.6) is 5.75 Å². The lowest BCUT2D eigenvalue weighted by molar-refractivity contribution is -0.113. The first kappa shape index (κ1) is 26.8. The number of carbonyl (C=O) groups excluding carboxylic acids is 2. The Balaban J connectivity index is 1.64. The van der Waals surface area contributed by atoms with E-state index in [1.165, 1.54) is 17.8 Å². The average molecular weight is 536 g/mol. The second-order valence-corrected chi connectivity index (χ2v) is 9.80. The molecule has 0 bridgehead atoms. The van der Waals surface area contributed by atoms with Gasteiger partial charge in [0, 0.05) is 17.8 Å². The van der Waals surface area contributed by atoms with Gasteiger partial charge in [0.15, 0.2) is 11.0 Å². The van der Waals surface area contributed by atoms with E-state index in [1.54, 1.807) is 48.0 Å². The number of thioether (sulfide) groups is 1. The van der Waals surface area contributed by atoms with Crippen LogP contribution in [0.3, 0.4) is 0 Å². The van der Waals surface area contributed by atoms with E-state index < -0.39 is 6.04 Å². The van der Waals surface area contributed by atoms with E-state index in [1.807, 2.05) is 20.8 Å². The lowest BCUT2D eigenvalue weighted by Gasteiger charge is -2.22. The standard InChI is InChI=1S/C24H27Cl2N5O3S/c1-5-34-17-9-7-16(8-10-17)27-20(32)13-35-24-30-29-22(31(24)4)21(14(2)3)28-23(33)18-11-6-15(25)12-19(18)26/h6-12,14,21H,5,13H2,1-4H3,(H,27,32)(H,28,33)/t21-/m0/s1. The molecule has 2 aromatic carbocycles. The van der Waals surface area contributed by atoms with Gasteiger partial charge in [-0.15, -0.1) is 10.2 Å². The zero-order valence-corrected chi connectivity index (χ0v) is 22.2. The monoisotopic (exact) mass is 535 g/mol. The van der Waals surface area contributed by atoms with Crippen LogP contribution in [0.4, 0.5) is 5.69 Å². The average Bonchev–Trinajstić information content (AvgIpc) is 3.17. The van der Waals surface area contributed by atoms with E-state index in [9.17, 15) is 9.59 Å². The Bertz CT molecular complexity index is 1180. The predicted molar refractivity (Wildman–Crippen MR) is 139 cm³/mol. The highest BCUT2D eigenvalue weighted by Gasteiger charge is 2.26. The Labute approximate surface area is 218 Å². The van der Waals surface area contributed by atoms with Gasteiger partial charge in [-0.05, 0) is 55.3 Å². The van der Waals surface area contributed by atoms with Crippen LogP contribution in [-0.2, 0) is 11.8 Å². The third-order valence-electron chi connectivity index (χ3n) is 5.06. The van der Waals surface area contributed by atoms with Gasteiger partial charge in [0.25, 0.3) is 5.91 Å². The summed E-state index contributed by atoms with van der Waals surface area (Å²) >= 11 is 13.4. The number of hydrogen-bond acceptors (Lipinski definition) is 6. The smallest absolute Gasteiger partial charge is 0.253 e. The highest BCUT2D eigenvalue weighted by Crippen LogP contribution is 2.26. The van der Waals surface area contributed by atoms with Gasteiger partial charge in [-0.3, -0.25) is 9.59 Å². The fraction of sp³-hybridized carbons (Fsp3) is 0.333. The summed E-state index contributed by atoms with van der Waals surface area (Å²) in [5, 5.41) is 15.6. The Kier molecular flexibility index (Phi) is 9.42. The summed E-state index contributed by atoms with van der Waals surface area (Å²) in [5.74, 6) is 0.989. The molecule has 0 unspecified atom stereocenters. The maximum atomic E-state index is 12.9. The number of amides is 2. The zero-order chi connectivity index (χ0) is 25.5. The fourth-order valence-electron chi connectivity index (χ4n) is 3.27. The molecule has 8 nitrogen and oxygen atoms in total. The Morgan fingerprint density at radius 1 is 1.11 bits per heavy atom. The normalized spacial score (nSPS) is 11.9. The highest BCUT2D eigenvalue weighted by atomic mass is 35.5. The van der Waals surface area contributed by atoms with Crippen LogP contribution < -0.4 is 15.4 Å². The topological polar surface area (TPSA) is 98.1 Å². The number of anilines is 1. The van der Waals surface area contributed by atoms with Gasteiger partial charge in [0.1, 0.15) is 5.75 Å². The molecule has 35 heavy (non-hydrogen) atoms. The number of nitrogens with one attached hydrogen (secondary N) is 2. The summed E-state index contributed by atoms with van der Waals surface area (Å²) < 4.78 is 7.19. The molecule has 0 aliphatic carbocycles. The number of halogens is 2. The van der Waals surface area contributed by atoms with Crippen molar-refractivity contribution in [3.8, 4) is 5.75 Å². The van der Waals surface area contributed by atoms with Gasteiger partial charge in [0.2, 0.25) is 5.91 Å². The summed E-state index contributed by atoms with van der Waals surface area (Å²) in [6.45, 7) is 6.44. The molecule has 3 aromatic rings. The number of nitrogens with zero attached hydrogens (tertiary/aromatic N) is 3. The van der Waals surface area contributed by atoms with E-state index in [0.717, 1.165) is 5.75 Å². The Morgan fingerprint density at radius 3 is 2.46 bits per heavy atom. The Hall–Kier alpha value is -2.75. The summed E-state index contributed by atoms with van der Waals surface area (Å²) in [6, 6.07) is 11.5. The number of benzene rings is 2. The minimum Gasteiger partial charge on any atom is -0.494 e. The SMILES string of the molecule is CCOc1ccc(NC(=O)CSc2nnc([C@@H](NC(=O)c3ccc(Cl)cc3Cl)C(C)C)n2C)cc1. The van der Waals surface area contributed by atoms with Crippen LogP contribution in [0.25, 0.3) is 0 Å². The second kappa shape index (κ2) is 12.3. The number of carbonyl (C=O) groups is 2. The molecular formula is C24H27Cl2N5O3S. The van der Waals surface area contributed by atoms with Crippen molar-refractivity contribution < 1.29 is 14.3 Å². The van der Waals surface area contributed by atoms with Crippen molar-refractivity contribution in [2.24, 2.45) is 13.0 Å². The molecule has 0 saturated heterocycles. The third kappa shape index (κ3) is 7.13. The van der Waals surface area contributed by atoms with E-state index in [2.05, 4.69) is 20.8 Å². The number of rotatable bonds is 10. The third-order valence-corrected chi connectivity index (χ3v) is 6.63. The lowest BCUT2D eigenvalue weighted by atomic mass is 10.0. The predicted octanol–water partition coefficient (Wildman–Crippen LogP) is 5.38. The van der Waals surface area contributed by atoms with E-state index in [4.69, 9.17) is 27.9 Å². The van der Waals surface area contributed by atoms with Crippen LogP contribution in [0.15, 0.2) is 47.6 Å². The molecule has 0 aliphatic rings. The molecule has 186 valence electrons.